The number of amides is 2. The second kappa shape index (κ2) is 10.8. The summed E-state index contributed by atoms with van der Waals surface area (Å²) in [6.45, 7) is 1.76. The second-order valence-corrected chi connectivity index (χ2v) is 8.43. The van der Waals surface area contributed by atoms with Crippen LogP contribution >= 0.6 is 0 Å². The minimum absolute atomic E-state index is 0.115. The Morgan fingerprint density at radius 1 is 1.25 bits per heavy atom. The van der Waals surface area contributed by atoms with Gasteiger partial charge in [0.05, 0.1) is 20.3 Å². The minimum atomic E-state index is -0.679. The molecule has 0 bridgehead atoms. The molecule has 1 aromatic carbocycles. The fourth-order valence-corrected chi connectivity index (χ4v) is 4.31. The van der Waals surface area contributed by atoms with Crippen molar-refractivity contribution < 1.29 is 19.1 Å². The predicted molar refractivity (Wildman–Crippen MR) is 132 cm³/mol. The number of nitriles is 1. The van der Waals surface area contributed by atoms with Crippen LogP contribution in [0.2, 0.25) is 0 Å². The summed E-state index contributed by atoms with van der Waals surface area (Å²) in [5.74, 6) is 1.16. The normalized spacial score (nSPS) is 15.2. The fraction of sp³-hybridized carbons (Fsp3) is 0.375. The maximum Gasteiger partial charge on any atom is 0.256 e. The van der Waals surface area contributed by atoms with Crippen molar-refractivity contribution >= 4 is 34.9 Å². The van der Waals surface area contributed by atoms with Gasteiger partial charge in [0, 0.05) is 55.9 Å². The lowest BCUT2D eigenvalue weighted by molar-refractivity contribution is -0.131. The van der Waals surface area contributed by atoms with E-state index in [9.17, 15) is 9.59 Å². The van der Waals surface area contributed by atoms with Crippen molar-refractivity contribution in [3.05, 3.63) is 36.2 Å². The number of primary amides is 1. The van der Waals surface area contributed by atoms with Crippen LogP contribution in [0.5, 0.6) is 11.5 Å². The molecule has 2 aromatic heterocycles. The third-order valence-electron chi connectivity index (χ3n) is 6.06. The molecule has 12 heteroatoms. The van der Waals surface area contributed by atoms with E-state index in [1.165, 1.54) is 0 Å². The minimum Gasteiger partial charge on any atom is -0.497 e. The number of hydrogen-bond acceptors (Lipinski definition) is 9. The first kappa shape index (κ1) is 24.6. The van der Waals surface area contributed by atoms with Crippen LogP contribution in [-0.4, -0.2) is 64.9 Å². The predicted octanol–water partition coefficient (Wildman–Crippen LogP) is 2.15. The molecule has 36 heavy (non-hydrogen) atoms. The van der Waals surface area contributed by atoms with E-state index in [0.29, 0.717) is 48.4 Å². The lowest BCUT2D eigenvalue weighted by atomic mass is 9.98. The van der Waals surface area contributed by atoms with Crippen molar-refractivity contribution in [2.75, 3.05) is 44.5 Å². The molecule has 0 saturated carbocycles. The number of aromatic nitrogens is 3. The number of fused-ring (bicyclic) bond motifs is 1. The van der Waals surface area contributed by atoms with Crippen LogP contribution in [0.25, 0.3) is 5.65 Å². The van der Waals surface area contributed by atoms with Gasteiger partial charge >= 0.3 is 0 Å². The quantitative estimate of drug-likeness (QED) is 0.406. The SMILES string of the molecule is COc1cc(Nc2nc(NCC3CCCN(C(=O)CC#N)C3)n3ccnc3c2C(N)=O)cc(OC)c1. The Labute approximate surface area is 208 Å². The van der Waals surface area contributed by atoms with Crippen molar-refractivity contribution in [3.8, 4) is 17.6 Å². The number of nitrogens with one attached hydrogen (secondary N) is 2. The van der Waals surface area contributed by atoms with Crippen LogP contribution in [0.15, 0.2) is 30.6 Å². The van der Waals surface area contributed by atoms with Gasteiger partial charge in [0.25, 0.3) is 5.91 Å². The molecular formula is C24H28N8O4. The van der Waals surface area contributed by atoms with Gasteiger partial charge in [-0.25, -0.2) is 4.98 Å². The number of methoxy groups -OCH3 is 2. The van der Waals surface area contributed by atoms with Crippen LogP contribution in [0.3, 0.4) is 0 Å². The number of imidazole rings is 1. The van der Waals surface area contributed by atoms with E-state index in [1.807, 2.05) is 6.07 Å². The molecule has 1 fully saturated rings. The summed E-state index contributed by atoms with van der Waals surface area (Å²) in [5, 5.41) is 15.3. The number of rotatable bonds is 9. The van der Waals surface area contributed by atoms with Gasteiger partial charge in [-0.3, -0.25) is 14.0 Å². The van der Waals surface area contributed by atoms with Crippen LogP contribution in [0.4, 0.5) is 17.5 Å². The van der Waals surface area contributed by atoms with Crippen molar-refractivity contribution in [3.63, 3.8) is 0 Å². The Bertz CT molecular complexity index is 1290. The van der Waals surface area contributed by atoms with Gasteiger partial charge in [-0.05, 0) is 18.8 Å². The zero-order valence-electron chi connectivity index (χ0n) is 20.2. The van der Waals surface area contributed by atoms with Crippen LogP contribution < -0.4 is 25.8 Å². The Kier molecular flexibility index (Phi) is 7.39. The number of nitrogens with zero attached hydrogens (tertiary/aromatic N) is 5. The number of nitrogens with two attached hydrogens (primary N) is 1. The van der Waals surface area contributed by atoms with Crippen LogP contribution in [-0.2, 0) is 4.79 Å². The van der Waals surface area contributed by atoms with Crippen LogP contribution in [0.1, 0.15) is 29.6 Å². The lowest BCUT2D eigenvalue weighted by Crippen LogP contribution is -2.41. The number of likely N-dealkylation sites (tertiary alicyclic amines) is 1. The summed E-state index contributed by atoms with van der Waals surface area (Å²) in [6.07, 6.45) is 4.94. The van der Waals surface area contributed by atoms with Gasteiger partial charge in [-0.15, -0.1) is 0 Å². The molecule has 188 valence electrons. The van der Waals surface area contributed by atoms with Crippen molar-refractivity contribution in [2.45, 2.75) is 19.3 Å². The molecule has 0 spiro atoms. The molecule has 12 nitrogen and oxygen atoms in total. The lowest BCUT2D eigenvalue weighted by Gasteiger charge is -2.32. The van der Waals surface area contributed by atoms with E-state index in [-0.39, 0.29) is 29.6 Å². The summed E-state index contributed by atoms with van der Waals surface area (Å²) >= 11 is 0. The third-order valence-corrected chi connectivity index (χ3v) is 6.06. The molecule has 1 atom stereocenters. The fourth-order valence-electron chi connectivity index (χ4n) is 4.31. The first-order chi connectivity index (χ1) is 17.4. The Morgan fingerprint density at radius 3 is 2.67 bits per heavy atom. The number of hydrogen-bond donors (Lipinski definition) is 3. The summed E-state index contributed by atoms with van der Waals surface area (Å²) in [7, 11) is 3.09. The molecule has 2 amide bonds. The molecule has 4 N–H and O–H groups in total. The summed E-state index contributed by atoms with van der Waals surface area (Å²) < 4.78 is 12.3. The van der Waals surface area contributed by atoms with Gasteiger partial charge in [-0.1, -0.05) is 0 Å². The highest BCUT2D eigenvalue weighted by molar-refractivity contribution is 6.04. The molecule has 0 aliphatic carbocycles. The highest BCUT2D eigenvalue weighted by Crippen LogP contribution is 2.30. The number of carbonyl (C=O) groups is 2. The first-order valence-corrected chi connectivity index (χ1v) is 11.5. The van der Waals surface area contributed by atoms with E-state index < -0.39 is 5.91 Å². The van der Waals surface area contributed by atoms with Crippen molar-refractivity contribution in [1.82, 2.24) is 19.3 Å². The van der Waals surface area contributed by atoms with Gasteiger partial charge in [0.1, 0.15) is 23.5 Å². The molecule has 4 rings (SSSR count). The number of anilines is 3. The Balaban J connectivity index is 1.62. The zero-order chi connectivity index (χ0) is 25.7. The molecule has 1 unspecified atom stereocenters. The summed E-state index contributed by atoms with van der Waals surface area (Å²) in [5.41, 5.74) is 6.79. The maximum atomic E-state index is 12.4. The molecular weight excluding hydrogens is 464 g/mol. The summed E-state index contributed by atoms with van der Waals surface area (Å²) in [6, 6.07) is 7.14. The molecule has 1 saturated heterocycles. The van der Waals surface area contributed by atoms with E-state index in [4.69, 9.17) is 20.5 Å². The van der Waals surface area contributed by atoms with Gasteiger partial charge in [-0.2, -0.15) is 10.2 Å². The van der Waals surface area contributed by atoms with Crippen LogP contribution in [0, 0.1) is 17.2 Å². The monoisotopic (exact) mass is 492 g/mol. The highest BCUT2D eigenvalue weighted by atomic mass is 16.5. The molecule has 1 aliphatic heterocycles. The Hall–Kier alpha value is -4.53. The first-order valence-electron chi connectivity index (χ1n) is 11.5. The van der Waals surface area contributed by atoms with Gasteiger partial charge in [0.2, 0.25) is 11.9 Å². The second-order valence-electron chi connectivity index (χ2n) is 8.43. The van der Waals surface area contributed by atoms with E-state index in [2.05, 4.69) is 20.6 Å². The highest BCUT2D eigenvalue weighted by Gasteiger charge is 2.25. The van der Waals surface area contributed by atoms with E-state index >= 15 is 0 Å². The number of piperidine rings is 1. The number of carbonyl (C=O) groups excluding carboxylic acids is 2. The van der Waals surface area contributed by atoms with Gasteiger partial charge < -0.3 is 30.7 Å². The number of benzene rings is 1. The average Bonchev–Trinajstić information content (AvgIpc) is 3.36. The molecule has 1 aliphatic rings. The van der Waals surface area contributed by atoms with Crippen molar-refractivity contribution in [1.29, 1.82) is 5.26 Å². The molecule has 3 aromatic rings. The summed E-state index contributed by atoms with van der Waals surface area (Å²) in [4.78, 5) is 35.3. The smallest absolute Gasteiger partial charge is 0.256 e. The van der Waals surface area contributed by atoms with E-state index in [0.717, 1.165) is 12.8 Å². The standard InChI is InChI=1S/C24H28N8O4/c1-35-17-10-16(11-18(12-17)36-2)29-22-20(21(26)34)23-27-7-9-32(23)24(30-22)28-13-15-4-3-8-31(14-15)19(33)5-6-25/h7,9-12,15,29H,3-5,8,13-14H2,1-2H3,(H2,26,34)(H,28,30). The third kappa shape index (κ3) is 5.25. The molecule has 0 radical (unpaired) electrons. The largest absolute Gasteiger partial charge is 0.497 e. The van der Waals surface area contributed by atoms with Crippen molar-refractivity contribution in [2.24, 2.45) is 11.7 Å². The Morgan fingerprint density at radius 2 is 2.00 bits per heavy atom. The maximum absolute atomic E-state index is 12.4. The zero-order valence-corrected chi connectivity index (χ0v) is 20.2. The molecule has 3 heterocycles. The average molecular weight is 493 g/mol. The van der Waals surface area contributed by atoms with E-state index in [1.54, 1.807) is 54.1 Å². The van der Waals surface area contributed by atoms with Gasteiger partial charge in [0.15, 0.2) is 11.5 Å². The topological polar surface area (TPSA) is 160 Å². The number of ether oxygens (including phenoxy) is 2.